The number of benzene rings is 1. The van der Waals surface area contributed by atoms with Crippen LogP contribution in [0, 0.1) is 0 Å². The van der Waals surface area contributed by atoms with Crippen LogP contribution in [0.1, 0.15) is 67.2 Å². The molecule has 3 rings (SSSR count). The molecule has 0 atom stereocenters. The lowest BCUT2D eigenvalue weighted by Gasteiger charge is -2.20. The van der Waals surface area contributed by atoms with E-state index in [0.29, 0.717) is 23.8 Å². The SMILES string of the molecule is CCCCCc1nnc(NC(=O)c2ccc(S(=O)(=O)N3CCCCCC3)cc2)s1. The van der Waals surface area contributed by atoms with Gasteiger partial charge >= 0.3 is 0 Å². The molecule has 29 heavy (non-hydrogen) atoms. The van der Waals surface area contributed by atoms with E-state index in [2.05, 4.69) is 22.4 Å². The normalized spacial score (nSPS) is 15.8. The Morgan fingerprint density at radius 3 is 2.41 bits per heavy atom. The number of carbonyl (C=O) groups excluding carboxylic acids is 1. The molecule has 9 heteroatoms. The molecule has 0 radical (unpaired) electrons. The van der Waals surface area contributed by atoms with Crippen LogP contribution in [0.3, 0.4) is 0 Å². The highest BCUT2D eigenvalue weighted by Gasteiger charge is 2.25. The average molecular weight is 437 g/mol. The number of anilines is 1. The standard InChI is InChI=1S/C20H28N4O3S2/c1-2-3-6-9-18-22-23-20(28-18)21-19(25)16-10-12-17(13-11-16)29(26,27)24-14-7-4-5-8-15-24/h10-13H,2-9,14-15H2,1H3,(H,21,23,25). The van der Waals surface area contributed by atoms with Crippen molar-refractivity contribution in [3.05, 3.63) is 34.8 Å². The van der Waals surface area contributed by atoms with Gasteiger partial charge in [-0.2, -0.15) is 4.31 Å². The summed E-state index contributed by atoms with van der Waals surface area (Å²) in [6, 6.07) is 6.10. The van der Waals surface area contributed by atoms with E-state index in [4.69, 9.17) is 0 Å². The largest absolute Gasteiger partial charge is 0.296 e. The summed E-state index contributed by atoms with van der Waals surface area (Å²) in [5, 5.41) is 12.2. The Labute approximate surface area is 176 Å². The molecular formula is C20H28N4O3S2. The number of aromatic nitrogens is 2. The van der Waals surface area contributed by atoms with Crippen LogP contribution in [0.5, 0.6) is 0 Å². The van der Waals surface area contributed by atoms with Gasteiger partial charge in [0.25, 0.3) is 5.91 Å². The Balaban J connectivity index is 1.62. The van der Waals surface area contributed by atoms with Crippen molar-refractivity contribution in [1.82, 2.24) is 14.5 Å². The van der Waals surface area contributed by atoms with Crippen molar-refractivity contribution in [1.29, 1.82) is 0 Å². The van der Waals surface area contributed by atoms with Crippen LogP contribution < -0.4 is 5.32 Å². The van der Waals surface area contributed by atoms with E-state index >= 15 is 0 Å². The van der Waals surface area contributed by atoms with Crippen molar-refractivity contribution in [2.75, 3.05) is 18.4 Å². The zero-order valence-corrected chi connectivity index (χ0v) is 18.4. The fraction of sp³-hybridized carbons (Fsp3) is 0.550. The summed E-state index contributed by atoms with van der Waals surface area (Å²) in [6.07, 6.45) is 8.13. The maximum absolute atomic E-state index is 12.8. The highest BCUT2D eigenvalue weighted by atomic mass is 32.2. The van der Waals surface area contributed by atoms with E-state index in [0.717, 1.165) is 56.4 Å². The molecule has 1 aromatic heterocycles. The number of hydrogen-bond acceptors (Lipinski definition) is 6. The van der Waals surface area contributed by atoms with E-state index in [1.165, 1.54) is 23.5 Å². The van der Waals surface area contributed by atoms with Crippen molar-refractivity contribution < 1.29 is 13.2 Å². The summed E-state index contributed by atoms with van der Waals surface area (Å²) in [5.41, 5.74) is 0.391. The predicted molar refractivity (Wildman–Crippen MR) is 115 cm³/mol. The smallest absolute Gasteiger partial charge is 0.257 e. The van der Waals surface area contributed by atoms with Gasteiger partial charge in [-0.1, -0.05) is 43.9 Å². The molecule has 158 valence electrons. The molecule has 1 aliphatic heterocycles. The summed E-state index contributed by atoms with van der Waals surface area (Å²) in [5.74, 6) is -0.319. The van der Waals surface area contributed by atoms with Crippen molar-refractivity contribution in [2.45, 2.75) is 63.2 Å². The van der Waals surface area contributed by atoms with E-state index in [-0.39, 0.29) is 10.8 Å². The second-order valence-corrected chi connectivity index (χ2v) is 10.3. The number of amides is 1. The molecule has 7 nitrogen and oxygen atoms in total. The van der Waals surface area contributed by atoms with Crippen LogP contribution in [0.15, 0.2) is 29.2 Å². The molecule has 0 saturated carbocycles. The van der Waals surface area contributed by atoms with Gasteiger partial charge in [0.2, 0.25) is 15.2 Å². The highest BCUT2D eigenvalue weighted by Crippen LogP contribution is 2.22. The summed E-state index contributed by atoms with van der Waals surface area (Å²) in [6.45, 7) is 3.26. The molecule has 1 N–H and O–H groups in total. The lowest BCUT2D eigenvalue weighted by molar-refractivity contribution is 0.102. The first-order valence-electron chi connectivity index (χ1n) is 10.2. The topological polar surface area (TPSA) is 92.3 Å². The zero-order chi connectivity index (χ0) is 20.7. The summed E-state index contributed by atoms with van der Waals surface area (Å²) in [4.78, 5) is 12.7. The third kappa shape index (κ3) is 5.83. The minimum atomic E-state index is -3.51. The minimum absolute atomic E-state index is 0.227. The first kappa shape index (κ1) is 21.9. The Morgan fingerprint density at radius 1 is 1.07 bits per heavy atom. The molecule has 1 fully saturated rings. The number of sulfonamides is 1. The van der Waals surface area contributed by atoms with Crippen LogP contribution in [-0.2, 0) is 16.4 Å². The Bertz CT molecular complexity index is 902. The Morgan fingerprint density at radius 2 is 1.76 bits per heavy atom. The predicted octanol–water partition coefficient (Wildman–Crippen LogP) is 4.09. The summed E-state index contributed by atoms with van der Waals surface area (Å²) >= 11 is 1.38. The third-order valence-electron chi connectivity index (χ3n) is 5.00. The summed E-state index contributed by atoms with van der Waals surface area (Å²) in [7, 11) is -3.51. The van der Waals surface area contributed by atoms with Gasteiger partial charge < -0.3 is 0 Å². The molecule has 1 amide bonds. The molecule has 1 aromatic carbocycles. The van der Waals surface area contributed by atoms with Crippen LogP contribution in [0.2, 0.25) is 0 Å². The number of unbranched alkanes of at least 4 members (excludes halogenated alkanes) is 2. The second kappa shape index (κ2) is 10.3. The van der Waals surface area contributed by atoms with Crippen LogP contribution in [-0.4, -0.2) is 41.9 Å². The maximum atomic E-state index is 12.8. The molecule has 0 unspecified atom stereocenters. The van der Waals surface area contributed by atoms with Crippen molar-refractivity contribution in [2.24, 2.45) is 0 Å². The van der Waals surface area contributed by atoms with E-state index in [9.17, 15) is 13.2 Å². The molecule has 1 aliphatic rings. The number of carbonyl (C=O) groups is 1. The van der Waals surface area contributed by atoms with Crippen LogP contribution in [0.25, 0.3) is 0 Å². The lowest BCUT2D eigenvalue weighted by Crippen LogP contribution is -2.31. The molecule has 0 spiro atoms. The van der Waals surface area contributed by atoms with Gasteiger partial charge in [0.05, 0.1) is 4.90 Å². The highest BCUT2D eigenvalue weighted by molar-refractivity contribution is 7.89. The van der Waals surface area contributed by atoms with Crippen LogP contribution >= 0.6 is 11.3 Å². The molecule has 2 aromatic rings. The van der Waals surface area contributed by atoms with Gasteiger partial charge in [-0.15, -0.1) is 10.2 Å². The van der Waals surface area contributed by atoms with Crippen molar-refractivity contribution >= 4 is 32.4 Å². The first-order valence-corrected chi connectivity index (χ1v) is 12.5. The number of nitrogens with zero attached hydrogens (tertiary/aromatic N) is 3. The molecule has 0 aliphatic carbocycles. The van der Waals surface area contributed by atoms with Gasteiger partial charge in [-0.25, -0.2) is 8.42 Å². The van der Waals surface area contributed by atoms with Gasteiger partial charge in [0.1, 0.15) is 5.01 Å². The molecular weight excluding hydrogens is 408 g/mol. The number of rotatable bonds is 8. The lowest BCUT2D eigenvalue weighted by atomic mass is 10.2. The van der Waals surface area contributed by atoms with Gasteiger partial charge in [-0.05, 0) is 43.5 Å². The maximum Gasteiger partial charge on any atom is 0.257 e. The fourth-order valence-electron chi connectivity index (χ4n) is 3.31. The summed E-state index contributed by atoms with van der Waals surface area (Å²) < 4.78 is 27.2. The number of hydrogen-bond donors (Lipinski definition) is 1. The van der Waals surface area contributed by atoms with E-state index < -0.39 is 10.0 Å². The monoisotopic (exact) mass is 436 g/mol. The third-order valence-corrected chi connectivity index (χ3v) is 7.81. The molecule has 2 heterocycles. The van der Waals surface area contributed by atoms with Crippen molar-refractivity contribution in [3.8, 4) is 0 Å². The quantitative estimate of drug-likeness (QED) is 0.629. The number of aryl methyl sites for hydroxylation is 1. The molecule has 1 saturated heterocycles. The van der Waals surface area contributed by atoms with Gasteiger partial charge in [0.15, 0.2) is 0 Å². The fourth-order valence-corrected chi connectivity index (χ4v) is 5.60. The Hall–Kier alpha value is -1.84. The van der Waals surface area contributed by atoms with E-state index in [1.807, 2.05) is 0 Å². The number of nitrogens with one attached hydrogen (secondary N) is 1. The van der Waals surface area contributed by atoms with E-state index in [1.54, 1.807) is 16.4 Å². The van der Waals surface area contributed by atoms with Crippen molar-refractivity contribution in [3.63, 3.8) is 0 Å². The Kier molecular flexibility index (Phi) is 7.74. The van der Waals surface area contributed by atoms with Gasteiger partial charge in [-0.3, -0.25) is 10.1 Å². The first-order chi connectivity index (χ1) is 14.0. The van der Waals surface area contributed by atoms with Crippen LogP contribution in [0.4, 0.5) is 5.13 Å². The minimum Gasteiger partial charge on any atom is -0.296 e. The average Bonchev–Trinajstić information content (AvgIpc) is 2.98. The second-order valence-electron chi connectivity index (χ2n) is 7.25. The molecule has 0 bridgehead atoms. The zero-order valence-electron chi connectivity index (χ0n) is 16.8. The van der Waals surface area contributed by atoms with Gasteiger partial charge in [0, 0.05) is 25.1 Å².